The van der Waals surface area contributed by atoms with Crippen molar-refractivity contribution in [3.05, 3.63) is 59.1 Å². The fourth-order valence-corrected chi connectivity index (χ4v) is 3.54. The summed E-state index contributed by atoms with van der Waals surface area (Å²) in [5.74, 6) is 1.27. The van der Waals surface area contributed by atoms with E-state index in [0.29, 0.717) is 17.2 Å². The minimum absolute atomic E-state index is 0.149. The Balaban J connectivity index is 1.83. The smallest absolute Gasteiger partial charge is 0.416 e. The van der Waals surface area contributed by atoms with Crippen molar-refractivity contribution in [3.8, 4) is 0 Å². The fraction of sp³-hybridized carbons (Fsp3) is 0.348. The number of ether oxygens (including phenoxy) is 1. The third-order valence-corrected chi connectivity index (χ3v) is 4.95. The lowest BCUT2D eigenvalue weighted by molar-refractivity contribution is 0.0573. The van der Waals surface area contributed by atoms with E-state index in [9.17, 15) is 4.79 Å². The van der Waals surface area contributed by atoms with Gasteiger partial charge in [0.05, 0.1) is 12.7 Å². The van der Waals surface area contributed by atoms with Crippen LogP contribution >= 0.6 is 11.6 Å². The van der Waals surface area contributed by atoms with Crippen molar-refractivity contribution in [1.29, 1.82) is 0 Å². The number of hydrogen-bond acceptors (Lipinski definition) is 5. The normalized spacial score (nSPS) is 12.1. The number of furan rings is 1. The van der Waals surface area contributed by atoms with Crippen molar-refractivity contribution in [1.82, 2.24) is 14.6 Å². The lowest BCUT2D eigenvalue weighted by Gasteiger charge is -2.27. The molecule has 0 N–H and O–H groups in total. The van der Waals surface area contributed by atoms with Crippen LogP contribution in [0.25, 0.3) is 16.6 Å². The number of para-hydroxylation sites is 1. The average molecular weight is 441 g/mol. The molecule has 0 fully saturated rings. The molecule has 0 atom stereocenters. The summed E-state index contributed by atoms with van der Waals surface area (Å²) < 4.78 is 13.3. The maximum absolute atomic E-state index is 13.2. The van der Waals surface area contributed by atoms with Crippen molar-refractivity contribution in [3.63, 3.8) is 0 Å². The number of benzene rings is 1. The summed E-state index contributed by atoms with van der Waals surface area (Å²) in [7, 11) is 0. The van der Waals surface area contributed by atoms with E-state index >= 15 is 0 Å². The monoisotopic (exact) mass is 440 g/mol. The Hall–Kier alpha value is -3.06. The van der Waals surface area contributed by atoms with E-state index in [1.165, 1.54) is 4.90 Å². The van der Waals surface area contributed by atoms with Gasteiger partial charge in [-0.3, -0.25) is 4.90 Å². The van der Waals surface area contributed by atoms with Crippen molar-refractivity contribution in [2.75, 3.05) is 4.90 Å². The van der Waals surface area contributed by atoms with Gasteiger partial charge in [0.15, 0.2) is 5.65 Å². The van der Waals surface area contributed by atoms with E-state index in [1.54, 1.807) is 16.8 Å². The number of amides is 1. The molecule has 8 heteroatoms. The second-order valence-corrected chi connectivity index (χ2v) is 9.13. The van der Waals surface area contributed by atoms with E-state index in [4.69, 9.17) is 20.8 Å². The Morgan fingerprint density at radius 1 is 1.26 bits per heavy atom. The Morgan fingerprint density at radius 3 is 2.68 bits per heavy atom. The van der Waals surface area contributed by atoms with E-state index < -0.39 is 11.7 Å². The van der Waals surface area contributed by atoms with Crippen molar-refractivity contribution < 1.29 is 13.9 Å². The van der Waals surface area contributed by atoms with Crippen molar-refractivity contribution in [2.24, 2.45) is 0 Å². The van der Waals surface area contributed by atoms with Crippen LogP contribution < -0.4 is 4.90 Å². The molecule has 1 amide bonds. The highest BCUT2D eigenvalue weighted by atomic mass is 35.5. The molecule has 4 rings (SSSR count). The molecule has 0 saturated heterocycles. The highest BCUT2D eigenvalue weighted by Crippen LogP contribution is 2.29. The predicted molar refractivity (Wildman–Crippen MR) is 121 cm³/mol. The number of hydrogen-bond donors (Lipinski definition) is 0. The molecule has 0 bridgehead atoms. The summed E-state index contributed by atoms with van der Waals surface area (Å²) in [5.41, 5.74) is 1.62. The minimum Gasteiger partial charge on any atom is -0.459 e. The molecule has 3 heterocycles. The zero-order valence-corrected chi connectivity index (χ0v) is 19.0. The van der Waals surface area contributed by atoms with Crippen LogP contribution in [0.4, 0.5) is 10.6 Å². The SMILES string of the molecule is CC(C)c1cnn2c(N(Cc3cc4ccccc4o3)C(=O)OC(C)(C)C)cc(Cl)nc12. The highest BCUT2D eigenvalue weighted by molar-refractivity contribution is 6.29. The third-order valence-electron chi connectivity index (χ3n) is 4.75. The third kappa shape index (κ3) is 4.37. The number of anilines is 1. The largest absolute Gasteiger partial charge is 0.459 e. The quantitative estimate of drug-likeness (QED) is 0.353. The molecule has 4 aromatic rings. The Morgan fingerprint density at radius 2 is 2.00 bits per heavy atom. The van der Waals surface area contributed by atoms with E-state index in [-0.39, 0.29) is 17.6 Å². The van der Waals surface area contributed by atoms with Gasteiger partial charge in [-0.25, -0.2) is 9.78 Å². The molecule has 0 unspecified atom stereocenters. The average Bonchev–Trinajstić information content (AvgIpc) is 3.27. The van der Waals surface area contributed by atoms with Gasteiger partial charge in [-0.05, 0) is 38.8 Å². The van der Waals surface area contributed by atoms with Crippen LogP contribution in [0, 0.1) is 0 Å². The van der Waals surface area contributed by atoms with Gasteiger partial charge in [0.2, 0.25) is 0 Å². The van der Waals surface area contributed by atoms with Crippen LogP contribution in [0.1, 0.15) is 51.9 Å². The summed E-state index contributed by atoms with van der Waals surface area (Å²) >= 11 is 6.35. The number of fused-ring (bicyclic) bond motifs is 2. The number of carbonyl (C=O) groups is 1. The maximum atomic E-state index is 13.2. The number of halogens is 1. The minimum atomic E-state index is -0.674. The van der Waals surface area contributed by atoms with Crippen LogP contribution in [-0.4, -0.2) is 26.3 Å². The first kappa shape index (κ1) is 21.2. The lowest BCUT2D eigenvalue weighted by atomic mass is 10.1. The molecule has 0 aliphatic rings. The molecular weight excluding hydrogens is 416 g/mol. The number of nitrogens with zero attached hydrogens (tertiary/aromatic N) is 4. The first-order chi connectivity index (χ1) is 14.6. The molecule has 0 aliphatic carbocycles. The fourth-order valence-electron chi connectivity index (χ4n) is 3.36. The van der Waals surface area contributed by atoms with Gasteiger partial charge in [-0.1, -0.05) is 43.6 Å². The molecule has 7 nitrogen and oxygen atoms in total. The Bertz CT molecular complexity index is 1220. The molecular formula is C23H25ClN4O3. The number of carbonyl (C=O) groups excluding carboxylic acids is 1. The second kappa shape index (κ2) is 7.89. The molecule has 3 aromatic heterocycles. The van der Waals surface area contributed by atoms with Crippen molar-refractivity contribution in [2.45, 2.75) is 52.7 Å². The molecule has 0 saturated carbocycles. The maximum Gasteiger partial charge on any atom is 0.416 e. The van der Waals surface area contributed by atoms with Gasteiger partial charge in [0.1, 0.15) is 27.9 Å². The van der Waals surface area contributed by atoms with Gasteiger partial charge in [0, 0.05) is 17.0 Å². The molecule has 0 spiro atoms. The molecule has 31 heavy (non-hydrogen) atoms. The Labute approximate surface area is 185 Å². The van der Waals surface area contributed by atoms with Crippen LogP contribution in [0.3, 0.4) is 0 Å². The zero-order valence-electron chi connectivity index (χ0n) is 18.2. The summed E-state index contributed by atoms with van der Waals surface area (Å²) in [6, 6.07) is 11.2. The highest BCUT2D eigenvalue weighted by Gasteiger charge is 2.28. The van der Waals surface area contributed by atoms with Crippen LogP contribution in [0.2, 0.25) is 5.15 Å². The summed E-state index contributed by atoms with van der Waals surface area (Å²) in [4.78, 5) is 19.1. The topological polar surface area (TPSA) is 72.9 Å². The summed E-state index contributed by atoms with van der Waals surface area (Å²) in [5, 5.41) is 5.71. The molecule has 0 aliphatic heterocycles. The van der Waals surface area contributed by atoms with Crippen LogP contribution in [-0.2, 0) is 11.3 Å². The summed E-state index contributed by atoms with van der Waals surface area (Å²) in [6.45, 7) is 9.73. The first-order valence-electron chi connectivity index (χ1n) is 10.1. The number of aromatic nitrogens is 3. The van der Waals surface area contributed by atoms with E-state index in [0.717, 1.165) is 16.5 Å². The van der Waals surface area contributed by atoms with Crippen LogP contribution in [0.5, 0.6) is 0 Å². The van der Waals surface area contributed by atoms with Gasteiger partial charge < -0.3 is 9.15 Å². The second-order valence-electron chi connectivity index (χ2n) is 8.74. The zero-order chi connectivity index (χ0) is 22.3. The van der Waals surface area contributed by atoms with Gasteiger partial charge >= 0.3 is 6.09 Å². The van der Waals surface area contributed by atoms with Crippen molar-refractivity contribution >= 4 is 40.1 Å². The van der Waals surface area contributed by atoms with Gasteiger partial charge in [0.25, 0.3) is 0 Å². The van der Waals surface area contributed by atoms with Gasteiger partial charge in [-0.15, -0.1) is 0 Å². The molecule has 1 aromatic carbocycles. The number of rotatable bonds is 4. The predicted octanol–water partition coefficient (Wildman–Crippen LogP) is 6.19. The van der Waals surface area contributed by atoms with E-state index in [1.807, 2.05) is 51.1 Å². The molecule has 162 valence electrons. The first-order valence-corrected chi connectivity index (χ1v) is 10.5. The standard InChI is InChI=1S/C23H25ClN4O3/c1-14(2)17-12-25-28-20(11-19(24)26-21(17)28)27(22(29)31-23(3,4)5)13-16-10-15-8-6-7-9-18(15)30-16/h6-12,14H,13H2,1-5H3. The lowest BCUT2D eigenvalue weighted by Crippen LogP contribution is -2.37. The van der Waals surface area contributed by atoms with Gasteiger partial charge in [-0.2, -0.15) is 9.61 Å². The summed E-state index contributed by atoms with van der Waals surface area (Å²) in [6.07, 6.45) is 1.22. The Kier molecular flexibility index (Phi) is 5.39. The van der Waals surface area contributed by atoms with E-state index in [2.05, 4.69) is 23.9 Å². The van der Waals surface area contributed by atoms with Crippen LogP contribution in [0.15, 0.2) is 47.0 Å². The molecule has 0 radical (unpaired) electrons.